The van der Waals surface area contributed by atoms with Crippen LogP contribution in [0.4, 0.5) is 5.69 Å². The molecule has 1 saturated carbocycles. The molecule has 6 unspecified atom stereocenters. The summed E-state index contributed by atoms with van der Waals surface area (Å²) in [5, 5.41) is 10.6. The summed E-state index contributed by atoms with van der Waals surface area (Å²) >= 11 is 17.8. The fourth-order valence-electron chi connectivity index (χ4n) is 7.04. The number of amides is 4. The molecule has 4 aliphatic rings. The third kappa shape index (κ3) is 3.59. The molecule has 0 radical (unpaired) electrons. The van der Waals surface area contributed by atoms with Crippen LogP contribution in [-0.4, -0.2) is 64.7 Å². The van der Waals surface area contributed by atoms with Crippen molar-refractivity contribution in [2.24, 2.45) is 17.8 Å². The number of imide groups is 2. The highest BCUT2D eigenvalue weighted by Gasteiger charge is 2.76. The van der Waals surface area contributed by atoms with Crippen molar-refractivity contribution in [1.29, 1.82) is 0 Å². The third-order valence-electron chi connectivity index (χ3n) is 8.93. The van der Waals surface area contributed by atoms with Crippen molar-refractivity contribution >= 4 is 68.4 Å². The molecule has 2 aliphatic heterocycles. The summed E-state index contributed by atoms with van der Waals surface area (Å²) in [7, 11) is 4.06. The number of carbonyl (C=O) groups is 4. The Kier molecular flexibility index (Phi) is 6.48. The van der Waals surface area contributed by atoms with Gasteiger partial charge in [0, 0.05) is 17.4 Å². The second kappa shape index (κ2) is 9.47. The molecule has 2 aromatic carbocycles. The first-order chi connectivity index (χ1) is 19.4. The molecule has 12 heteroatoms. The molecule has 2 saturated heterocycles. The normalized spacial score (nSPS) is 32.5. The maximum absolute atomic E-state index is 14.0. The first-order valence-corrected chi connectivity index (χ1v) is 14.4. The summed E-state index contributed by atoms with van der Waals surface area (Å²) in [6.07, 6.45) is 1.96. The molecular formula is C29H25BrCl2N2O7. The highest BCUT2D eigenvalue weighted by Crippen LogP contribution is 2.66. The summed E-state index contributed by atoms with van der Waals surface area (Å²) < 4.78 is 11.5. The number of fused-ring (bicyclic) bond motifs is 4. The quantitative estimate of drug-likeness (QED) is 0.294. The van der Waals surface area contributed by atoms with Crippen LogP contribution in [-0.2, 0) is 19.2 Å². The van der Waals surface area contributed by atoms with Crippen molar-refractivity contribution in [2.75, 3.05) is 26.2 Å². The molecule has 2 aromatic rings. The number of halogens is 3. The lowest BCUT2D eigenvalue weighted by molar-refractivity contribution is -0.138. The van der Waals surface area contributed by atoms with Gasteiger partial charge in [0.2, 0.25) is 17.6 Å². The highest BCUT2D eigenvalue weighted by atomic mass is 79.9. The van der Waals surface area contributed by atoms with E-state index in [4.69, 9.17) is 32.7 Å². The minimum atomic E-state index is -1.96. The standard InChI is InChI=1S/C29H25BrCl2N2O7/c1-33-26(38)28(31)12-18-16(8-9-17-21(18)25(37)34(24(17)36)15-6-4-14(30)5-7-15)22(29(28,32)27(33)39)13-10-19(40-2)23(35)20(11-13)41-3/h4-8,10-11,17-18,21-22,35H,9,12H2,1-3H3. The number of phenolic OH excluding ortho intramolecular Hbond substituents is 1. The van der Waals surface area contributed by atoms with E-state index in [0.29, 0.717) is 16.8 Å². The van der Waals surface area contributed by atoms with Gasteiger partial charge in [0.05, 0.1) is 31.7 Å². The van der Waals surface area contributed by atoms with Crippen LogP contribution in [0.5, 0.6) is 17.2 Å². The van der Waals surface area contributed by atoms with Crippen LogP contribution < -0.4 is 14.4 Å². The zero-order valence-electron chi connectivity index (χ0n) is 22.2. The van der Waals surface area contributed by atoms with E-state index in [2.05, 4.69) is 15.9 Å². The van der Waals surface area contributed by atoms with E-state index >= 15 is 0 Å². The average molecular weight is 664 g/mol. The Labute approximate surface area is 254 Å². The van der Waals surface area contributed by atoms with Crippen molar-refractivity contribution in [3.05, 3.63) is 58.1 Å². The fourth-order valence-corrected chi connectivity index (χ4v) is 8.33. The molecule has 3 fully saturated rings. The molecule has 0 spiro atoms. The number of benzene rings is 2. The Morgan fingerprint density at radius 3 is 2.15 bits per heavy atom. The minimum Gasteiger partial charge on any atom is -0.502 e. The van der Waals surface area contributed by atoms with Gasteiger partial charge in [-0.25, -0.2) is 0 Å². The Bertz CT molecular complexity index is 1540. The van der Waals surface area contributed by atoms with Crippen LogP contribution in [0.25, 0.3) is 0 Å². The molecule has 2 aliphatic carbocycles. The number of hydrogen-bond acceptors (Lipinski definition) is 7. The van der Waals surface area contributed by atoms with Crippen LogP contribution in [0.15, 0.2) is 52.5 Å². The molecule has 214 valence electrons. The van der Waals surface area contributed by atoms with Gasteiger partial charge in [0.15, 0.2) is 21.2 Å². The molecule has 0 aromatic heterocycles. The van der Waals surface area contributed by atoms with E-state index in [-0.39, 0.29) is 36.0 Å². The number of nitrogens with zero attached hydrogens (tertiary/aromatic N) is 2. The number of aromatic hydroxyl groups is 1. The summed E-state index contributed by atoms with van der Waals surface area (Å²) in [5.41, 5.74) is 1.48. The van der Waals surface area contributed by atoms with Crippen LogP contribution >= 0.6 is 39.1 Å². The van der Waals surface area contributed by atoms with E-state index in [1.54, 1.807) is 24.3 Å². The van der Waals surface area contributed by atoms with Gasteiger partial charge in [-0.1, -0.05) is 27.6 Å². The SMILES string of the molecule is COc1cc(C2C3=CCC4C(=O)N(c5ccc(Br)cc5)C(=O)C4C3CC3(Cl)C(=O)N(C)C(=O)C23Cl)cc(OC)c1O. The van der Waals surface area contributed by atoms with Crippen LogP contribution in [0, 0.1) is 17.8 Å². The summed E-state index contributed by atoms with van der Waals surface area (Å²) in [6, 6.07) is 9.91. The molecule has 9 nitrogen and oxygen atoms in total. The Morgan fingerprint density at radius 1 is 0.951 bits per heavy atom. The van der Waals surface area contributed by atoms with E-state index in [1.165, 1.54) is 38.3 Å². The van der Waals surface area contributed by atoms with Crippen molar-refractivity contribution in [3.63, 3.8) is 0 Å². The van der Waals surface area contributed by atoms with Gasteiger partial charge in [-0.2, -0.15) is 0 Å². The molecule has 41 heavy (non-hydrogen) atoms. The summed E-state index contributed by atoms with van der Waals surface area (Å²) in [5.74, 6) is -5.37. The van der Waals surface area contributed by atoms with E-state index < -0.39 is 51.1 Å². The zero-order valence-corrected chi connectivity index (χ0v) is 25.3. The topological polar surface area (TPSA) is 113 Å². The zero-order chi connectivity index (χ0) is 29.6. The number of rotatable bonds is 4. The first kappa shape index (κ1) is 28.1. The van der Waals surface area contributed by atoms with Gasteiger partial charge in [0.25, 0.3) is 11.8 Å². The number of carbonyl (C=O) groups excluding carboxylic acids is 4. The molecule has 1 N–H and O–H groups in total. The minimum absolute atomic E-state index is 0.0647. The third-order valence-corrected chi connectivity index (χ3v) is 10.9. The second-order valence-corrected chi connectivity index (χ2v) is 12.9. The van der Waals surface area contributed by atoms with Crippen molar-refractivity contribution in [1.82, 2.24) is 4.90 Å². The lowest BCUT2D eigenvalue weighted by Gasteiger charge is -2.50. The maximum Gasteiger partial charge on any atom is 0.253 e. The van der Waals surface area contributed by atoms with E-state index in [0.717, 1.165) is 9.37 Å². The van der Waals surface area contributed by atoms with Gasteiger partial charge in [-0.3, -0.25) is 29.0 Å². The fraction of sp³-hybridized carbons (Fsp3) is 0.379. The summed E-state index contributed by atoms with van der Waals surface area (Å²) in [4.78, 5) is 53.2. The smallest absolute Gasteiger partial charge is 0.253 e. The Balaban J connectivity index is 1.54. The number of likely N-dealkylation sites (tertiary alicyclic amines) is 1. The number of ether oxygens (including phenoxy) is 2. The van der Waals surface area contributed by atoms with Gasteiger partial charge in [0.1, 0.15) is 0 Å². The van der Waals surface area contributed by atoms with E-state index in [9.17, 15) is 24.3 Å². The number of allylic oxidation sites excluding steroid dienone is 2. The first-order valence-electron chi connectivity index (χ1n) is 12.9. The number of hydrogen-bond donors (Lipinski definition) is 1. The van der Waals surface area contributed by atoms with E-state index in [1.807, 2.05) is 6.08 Å². The molecule has 4 amide bonds. The molecule has 6 atom stereocenters. The largest absolute Gasteiger partial charge is 0.502 e. The van der Waals surface area contributed by atoms with Gasteiger partial charge in [-0.05, 0) is 60.7 Å². The lowest BCUT2D eigenvalue weighted by Crippen LogP contribution is -2.60. The van der Waals surface area contributed by atoms with Crippen LogP contribution in [0.1, 0.15) is 24.3 Å². The molecular weight excluding hydrogens is 639 g/mol. The van der Waals surface area contributed by atoms with Crippen LogP contribution in [0.3, 0.4) is 0 Å². The molecule has 2 heterocycles. The number of methoxy groups -OCH3 is 2. The Morgan fingerprint density at radius 2 is 1.56 bits per heavy atom. The summed E-state index contributed by atoms with van der Waals surface area (Å²) in [6.45, 7) is 0. The Hall–Kier alpha value is -3.08. The lowest BCUT2D eigenvalue weighted by atomic mass is 9.56. The van der Waals surface area contributed by atoms with Crippen molar-refractivity contribution in [2.45, 2.75) is 28.5 Å². The maximum atomic E-state index is 14.0. The van der Waals surface area contributed by atoms with Crippen molar-refractivity contribution in [3.8, 4) is 17.2 Å². The van der Waals surface area contributed by atoms with Crippen molar-refractivity contribution < 1.29 is 33.8 Å². The van der Waals surface area contributed by atoms with Crippen LogP contribution in [0.2, 0.25) is 0 Å². The number of phenols is 1. The monoisotopic (exact) mass is 662 g/mol. The van der Waals surface area contributed by atoms with Gasteiger partial charge < -0.3 is 14.6 Å². The number of anilines is 1. The predicted molar refractivity (Wildman–Crippen MR) is 153 cm³/mol. The highest BCUT2D eigenvalue weighted by molar-refractivity contribution is 9.10. The van der Waals surface area contributed by atoms with Gasteiger partial charge >= 0.3 is 0 Å². The molecule has 0 bridgehead atoms. The van der Waals surface area contributed by atoms with Gasteiger partial charge in [-0.15, -0.1) is 23.2 Å². The average Bonchev–Trinajstić information content (AvgIpc) is 3.28. The molecule has 6 rings (SSSR count). The number of alkyl halides is 2. The second-order valence-electron chi connectivity index (χ2n) is 10.8. The predicted octanol–water partition coefficient (Wildman–Crippen LogP) is 4.37.